The maximum Gasteiger partial charge on any atom is 0.416 e. The number of alkyl halides is 6. The largest absolute Gasteiger partial charge is 0.416 e. The average molecular weight is 384 g/mol. The standard InChI is InChI=1S/C20H14F6O/c21-19(22,23)16-3-1-2-14(4-9-16)7-12-18(27)13-8-15-5-10-17(11-6-15)20(24,25)26/h1-13,16H/b12-7+,13-8+. The van der Waals surface area contributed by atoms with Crippen LogP contribution in [0.25, 0.3) is 6.08 Å². The van der Waals surface area contributed by atoms with Gasteiger partial charge in [0, 0.05) is 0 Å². The predicted molar refractivity (Wildman–Crippen MR) is 90.5 cm³/mol. The SMILES string of the molecule is O=C(/C=C/C1=CC=CC(C(F)(F)F)C=C1)/C=C/c1ccc(C(F)(F)F)cc1. The number of carbonyl (C=O) groups excluding carboxylic acids is 1. The van der Waals surface area contributed by atoms with Crippen LogP contribution in [0.1, 0.15) is 11.1 Å². The first-order valence-corrected chi connectivity index (χ1v) is 7.76. The van der Waals surface area contributed by atoms with E-state index < -0.39 is 29.6 Å². The van der Waals surface area contributed by atoms with E-state index in [-0.39, 0.29) is 0 Å². The molecule has 7 heteroatoms. The van der Waals surface area contributed by atoms with E-state index in [1.165, 1.54) is 48.6 Å². The molecule has 0 aromatic heterocycles. The number of ketones is 1. The lowest BCUT2D eigenvalue weighted by Gasteiger charge is -2.11. The van der Waals surface area contributed by atoms with Crippen LogP contribution in [0.2, 0.25) is 0 Å². The molecule has 0 aliphatic heterocycles. The minimum absolute atomic E-state index is 0.411. The molecule has 27 heavy (non-hydrogen) atoms. The Labute approximate surface area is 151 Å². The Bertz CT molecular complexity index is 818. The molecule has 1 nitrogen and oxygen atoms in total. The van der Waals surface area contributed by atoms with E-state index in [1.54, 1.807) is 0 Å². The zero-order valence-corrected chi connectivity index (χ0v) is 13.8. The van der Waals surface area contributed by atoms with Crippen molar-refractivity contribution in [3.63, 3.8) is 0 Å². The molecule has 0 heterocycles. The summed E-state index contributed by atoms with van der Waals surface area (Å²) in [7, 11) is 0. The van der Waals surface area contributed by atoms with Crippen LogP contribution in [0, 0.1) is 5.92 Å². The van der Waals surface area contributed by atoms with Gasteiger partial charge < -0.3 is 0 Å². The summed E-state index contributed by atoms with van der Waals surface area (Å²) in [6, 6.07) is 4.28. The number of rotatable bonds is 4. The van der Waals surface area contributed by atoms with Crippen molar-refractivity contribution in [3.8, 4) is 0 Å². The highest BCUT2D eigenvalue weighted by Gasteiger charge is 2.35. The fraction of sp³-hybridized carbons (Fsp3) is 0.150. The molecule has 0 fully saturated rings. The highest BCUT2D eigenvalue weighted by Crippen LogP contribution is 2.30. The summed E-state index contributed by atoms with van der Waals surface area (Å²) in [5.41, 5.74) is 0.0340. The highest BCUT2D eigenvalue weighted by atomic mass is 19.4. The van der Waals surface area contributed by atoms with Gasteiger partial charge in [-0.25, -0.2) is 0 Å². The van der Waals surface area contributed by atoms with Gasteiger partial charge in [0.05, 0.1) is 11.5 Å². The summed E-state index contributed by atoms with van der Waals surface area (Å²) in [6.07, 6.45) is 2.19. The number of hydrogen-bond acceptors (Lipinski definition) is 1. The molecule has 0 amide bonds. The molecule has 2 rings (SSSR count). The third kappa shape index (κ3) is 6.44. The van der Waals surface area contributed by atoms with Crippen molar-refractivity contribution in [2.45, 2.75) is 12.4 Å². The maximum absolute atomic E-state index is 12.6. The van der Waals surface area contributed by atoms with E-state index in [0.29, 0.717) is 11.1 Å². The Morgan fingerprint density at radius 2 is 1.52 bits per heavy atom. The van der Waals surface area contributed by atoms with Crippen LogP contribution < -0.4 is 0 Å². The third-order valence-electron chi connectivity index (χ3n) is 3.60. The third-order valence-corrected chi connectivity index (χ3v) is 3.60. The fourth-order valence-electron chi connectivity index (χ4n) is 2.15. The molecule has 1 unspecified atom stereocenters. The second-order valence-electron chi connectivity index (χ2n) is 5.67. The van der Waals surface area contributed by atoms with Gasteiger partial charge in [-0.3, -0.25) is 4.79 Å². The number of allylic oxidation sites excluding steroid dienone is 9. The second-order valence-corrected chi connectivity index (χ2v) is 5.67. The topological polar surface area (TPSA) is 17.1 Å². The smallest absolute Gasteiger partial charge is 0.290 e. The maximum atomic E-state index is 12.6. The summed E-state index contributed by atoms with van der Waals surface area (Å²) in [5, 5.41) is 0. The van der Waals surface area contributed by atoms with Crippen LogP contribution in [-0.2, 0) is 11.0 Å². The van der Waals surface area contributed by atoms with Gasteiger partial charge >= 0.3 is 12.4 Å². The van der Waals surface area contributed by atoms with Crippen LogP contribution in [0.3, 0.4) is 0 Å². The molecule has 142 valence electrons. The minimum atomic E-state index is -4.43. The summed E-state index contributed by atoms with van der Waals surface area (Å²) < 4.78 is 75.3. The van der Waals surface area contributed by atoms with Crippen molar-refractivity contribution in [1.29, 1.82) is 0 Å². The van der Waals surface area contributed by atoms with Crippen molar-refractivity contribution < 1.29 is 31.1 Å². The Hall–Kier alpha value is -2.83. The van der Waals surface area contributed by atoms with Gasteiger partial charge in [0.1, 0.15) is 0 Å². The molecule has 1 atom stereocenters. The molecular formula is C20H14F6O. The molecule has 0 spiro atoms. The fourth-order valence-corrected chi connectivity index (χ4v) is 2.15. The number of halogens is 6. The molecule has 1 aliphatic carbocycles. The molecule has 1 aromatic rings. The minimum Gasteiger partial charge on any atom is -0.290 e. The number of carbonyl (C=O) groups is 1. The van der Waals surface area contributed by atoms with E-state index in [0.717, 1.165) is 30.4 Å². The van der Waals surface area contributed by atoms with E-state index in [9.17, 15) is 31.1 Å². The Kier molecular flexibility index (Phi) is 6.25. The van der Waals surface area contributed by atoms with Crippen LogP contribution in [0.5, 0.6) is 0 Å². The van der Waals surface area contributed by atoms with Gasteiger partial charge in [-0.15, -0.1) is 0 Å². The van der Waals surface area contributed by atoms with Crippen molar-refractivity contribution in [2.75, 3.05) is 0 Å². The summed E-state index contributed by atoms with van der Waals surface area (Å²) in [4.78, 5) is 11.8. The summed E-state index contributed by atoms with van der Waals surface area (Å²) in [6.45, 7) is 0. The quantitative estimate of drug-likeness (QED) is 0.455. The Balaban J connectivity index is 1.98. The van der Waals surface area contributed by atoms with Gasteiger partial charge in [-0.05, 0) is 35.4 Å². The first-order chi connectivity index (χ1) is 12.6. The normalized spacial score (nSPS) is 18.1. The van der Waals surface area contributed by atoms with Gasteiger partial charge in [0.15, 0.2) is 5.78 Å². The van der Waals surface area contributed by atoms with Gasteiger partial charge in [0.2, 0.25) is 0 Å². The molecule has 0 N–H and O–H groups in total. The van der Waals surface area contributed by atoms with Crippen LogP contribution in [0.15, 0.2) is 78.4 Å². The summed E-state index contributed by atoms with van der Waals surface area (Å²) in [5.74, 6) is -2.14. The highest BCUT2D eigenvalue weighted by molar-refractivity contribution is 6.02. The molecule has 0 saturated heterocycles. The first-order valence-electron chi connectivity index (χ1n) is 7.76. The number of benzene rings is 1. The van der Waals surface area contributed by atoms with E-state index in [1.807, 2.05) is 0 Å². The Morgan fingerprint density at radius 3 is 2.11 bits per heavy atom. The lowest BCUT2D eigenvalue weighted by molar-refractivity contribution is -0.148. The van der Waals surface area contributed by atoms with E-state index in [4.69, 9.17) is 0 Å². The molecule has 0 radical (unpaired) electrons. The molecule has 0 saturated carbocycles. The van der Waals surface area contributed by atoms with Gasteiger partial charge in [-0.1, -0.05) is 54.7 Å². The van der Waals surface area contributed by atoms with E-state index >= 15 is 0 Å². The molecule has 1 aliphatic rings. The van der Waals surface area contributed by atoms with Crippen molar-refractivity contribution >= 4 is 11.9 Å². The summed E-state index contributed by atoms with van der Waals surface area (Å²) >= 11 is 0. The van der Waals surface area contributed by atoms with Gasteiger partial charge in [0.25, 0.3) is 0 Å². The van der Waals surface area contributed by atoms with Crippen molar-refractivity contribution in [3.05, 3.63) is 89.6 Å². The first kappa shape index (κ1) is 20.5. The van der Waals surface area contributed by atoms with E-state index in [2.05, 4.69) is 0 Å². The van der Waals surface area contributed by atoms with Crippen LogP contribution >= 0.6 is 0 Å². The molecule has 0 bridgehead atoms. The van der Waals surface area contributed by atoms with Crippen molar-refractivity contribution in [1.82, 2.24) is 0 Å². The van der Waals surface area contributed by atoms with Crippen LogP contribution in [-0.4, -0.2) is 12.0 Å². The monoisotopic (exact) mass is 384 g/mol. The van der Waals surface area contributed by atoms with Gasteiger partial charge in [-0.2, -0.15) is 26.3 Å². The predicted octanol–water partition coefficient (Wildman–Crippen LogP) is 6.07. The van der Waals surface area contributed by atoms with Crippen molar-refractivity contribution in [2.24, 2.45) is 5.92 Å². The van der Waals surface area contributed by atoms with Crippen LogP contribution in [0.4, 0.5) is 26.3 Å². The average Bonchev–Trinajstić information content (AvgIpc) is 2.83. The lowest BCUT2D eigenvalue weighted by atomic mass is 10.1. The molecular weight excluding hydrogens is 370 g/mol. The lowest BCUT2D eigenvalue weighted by Crippen LogP contribution is -2.18. The molecule has 1 aromatic carbocycles. The zero-order chi connectivity index (χ0) is 20.1. The Morgan fingerprint density at radius 1 is 0.889 bits per heavy atom. The zero-order valence-electron chi connectivity index (χ0n) is 13.8. The second kappa shape index (κ2) is 8.24. The number of hydrogen-bond donors (Lipinski definition) is 0.